The van der Waals surface area contributed by atoms with Crippen LogP contribution in [0.1, 0.15) is 43.2 Å². The van der Waals surface area contributed by atoms with Crippen LogP contribution in [0.15, 0.2) is 54.9 Å². The second-order valence-electron chi connectivity index (χ2n) is 10.1. The maximum absolute atomic E-state index is 12.5. The van der Waals surface area contributed by atoms with Crippen LogP contribution in [-0.2, 0) is 17.6 Å². The number of hydrogen-bond donors (Lipinski definition) is 4. The summed E-state index contributed by atoms with van der Waals surface area (Å²) in [4.78, 5) is 30.7. The third-order valence-electron chi connectivity index (χ3n) is 7.44. The monoisotopic (exact) mass is 497 g/mol. The number of amides is 1. The molecule has 1 aliphatic heterocycles. The van der Waals surface area contributed by atoms with Gasteiger partial charge in [-0.05, 0) is 61.4 Å². The van der Waals surface area contributed by atoms with Gasteiger partial charge in [-0.1, -0.05) is 35.3 Å². The number of nitrogens with one attached hydrogen (secondary N) is 4. The van der Waals surface area contributed by atoms with Crippen LogP contribution < -0.4 is 26.3 Å². The summed E-state index contributed by atoms with van der Waals surface area (Å²) < 4.78 is 0. The number of fused-ring (bicyclic) bond motifs is 2. The van der Waals surface area contributed by atoms with Crippen LogP contribution in [-0.4, -0.2) is 39.5 Å². The Bertz CT molecular complexity index is 1390. The summed E-state index contributed by atoms with van der Waals surface area (Å²) in [5, 5.41) is 6.64. The van der Waals surface area contributed by atoms with Crippen LogP contribution in [0.25, 0.3) is 11.2 Å². The summed E-state index contributed by atoms with van der Waals surface area (Å²) in [6, 6.07) is 16.9. The number of imidazole rings is 1. The van der Waals surface area contributed by atoms with E-state index in [2.05, 4.69) is 54.8 Å². The number of carbonyl (C=O) groups excluding carboxylic acids is 1. The molecule has 2 aliphatic rings. The van der Waals surface area contributed by atoms with Crippen molar-refractivity contribution in [2.45, 2.75) is 57.0 Å². The van der Waals surface area contributed by atoms with Crippen molar-refractivity contribution in [1.29, 1.82) is 0 Å². The van der Waals surface area contributed by atoms with Gasteiger partial charge in [0.1, 0.15) is 0 Å². The third kappa shape index (κ3) is 5.13. The van der Waals surface area contributed by atoms with Gasteiger partial charge in [0, 0.05) is 24.6 Å². The molecule has 2 aromatic heterocycles. The number of nitrogens with zero attached hydrogens (tertiary/aromatic N) is 3. The van der Waals surface area contributed by atoms with E-state index in [1.54, 1.807) is 6.33 Å². The van der Waals surface area contributed by atoms with E-state index < -0.39 is 0 Å². The minimum absolute atomic E-state index is 0.0275. The van der Waals surface area contributed by atoms with Gasteiger partial charge in [-0.25, -0.2) is 9.97 Å². The Labute approximate surface area is 215 Å². The number of anilines is 4. The van der Waals surface area contributed by atoms with Crippen molar-refractivity contribution in [2.24, 2.45) is 5.73 Å². The Morgan fingerprint density at radius 2 is 1.97 bits per heavy atom. The zero-order valence-corrected chi connectivity index (χ0v) is 20.8. The maximum atomic E-state index is 12.5. The summed E-state index contributed by atoms with van der Waals surface area (Å²) in [5.41, 5.74) is 12.0. The summed E-state index contributed by atoms with van der Waals surface area (Å²) in [6.07, 6.45) is 7.89. The number of aromatic amines is 2. The van der Waals surface area contributed by atoms with Gasteiger partial charge < -0.3 is 16.0 Å². The molecule has 6 N–H and O–H groups in total. The van der Waals surface area contributed by atoms with E-state index in [4.69, 9.17) is 10.7 Å². The van der Waals surface area contributed by atoms with Gasteiger partial charge >= 0.3 is 5.95 Å². The lowest BCUT2D eigenvalue weighted by Crippen LogP contribution is -2.35. The molecule has 9 nitrogen and oxygen atoms in total. The van der Waals surface area contributed by atoms with Gasteiger partial charge in [-0.2, -0.15) is 0 Å². The number of nitrogens with two attached hydrogens (primary N) is 1. The highest BCUT2D eigenvalue weighted by Crippen LogP contribution is 2.36. The van der Waals surface area contributed by atoms with Gasteiger partial charge in [0.15, 0.2) is 5.52 Å². The molecule has 1 saturated carbocycles. The Morgan fingerprint density at radius 3 is 2.81 bits per heavy atom. The number of aromatic nitrogens is 4. The normalized spacial score (nSPS) is 19.1. The van der Waals surface area contributed by atoms with Crippen molar-refractivity contribution < 1.29 is 9.78 Å². The van der Waals surface area contributed by atoms with Crippen LogP contribution in [0.4, 0.5) is 23.1 Å². The van der Waals surface area contributed by atoms with Crippen LogP contribution in [0.2, 0.25) is 0 Å². The SMILES string of the molecule is NC1CCC(Nc2nc3nc[nH]c3c(N3CCc4cc(NC(=O)CCc5ccccc5)ccc43)[nH+]2)CC1. The van der Waals surface area contributed by atoms with E-state index in [1.165, 1.54) is 11.1 Å². The molecule has 4 aromatic rings. The fraction of sp³-hybridized carbons (Fsp3) is 0.357. The Morgan fingerprint density at radius 1 is 1.14 bits per heavy atom. The predicted octanol–water partition coefficient (Wildman–Crippen LogP) is 3.72. The second-order valence-corrected chi connectivity index (χ2v) is 10.1. The van der Waals surface area contributed by atoms with E-state index in [1.807, 2.05) is 24.3 Å². The zero-order valence-electron chi connectivity index (χ0n) is 20.8. The van der Waals surface area contributed by atoms with Gasteiger partial charge in [0.2, 0.25) is 17.4 Å². The molecule has 0 spiro atoms. The Balaban J connectivity index is 1.18. The summed E-state index contributed by atoms with van der Waals surface area (Å²) in [6.45, 7) is 0.826. The summed E-state index contributed by atoms with van der Waals surface area (Å²) >= 11 is 0. The van der Waals surface area contributed by atoms with Crippen molar-refractivity contribution in [3.05, 3.63) is 66.0 Å². The highest BCUT2D eigenvalue weighted by atomic mass is 16.1. The molecule has 0 atom stereocenters. The minimum atomic E-state index is 0.0275. The molecule has 1 fully saturated rings. The molecule has 0 radical (unpaired) electrons. The molecule has 9 heteroatoms. The largest absolute Gasteiger partial charge is 0.347 e. The van der Waals surface area contributed by atoms with Gasteiger partial charge in [0.05, 0.1) is 24.6 Å². The van der Waals surface area contributed by atoms with Crippen LogP contribution in [0.5, 0.6) is 0 Å². The number of aryl methyl sites for hydroxylation is 1. The van der Waals surface area contributed by atoms with Crippen molar-refractivity contribution in [2.75, 3.05) is 22.1 Å². The second kappa shape index (κ2) is 10.2. The topological polar surface area (TPSA) is 126 Å². The quantitative estimate of drug-likeness (QED) is 0.308. The van der Waals surface area contributed by atoms with Crippen molar-refractivity contribution in [1.82, 2.24) is 15.0 Å². The van der Waals surface area contributed by atoms with Crippen molar-refractivity contribution in [3.63, 3.8) is 0 Å². The van der Waals surface area contributed by atoms with E-state index in [-0.39, 0.29) is 5.91 Å². The van der Waals surface area contributed by atoms with Crippen LogP contribution in [0.3, 0.4) is 0 Å². The number of rotatable bonds is 7. The molecule has 2 aromatic carbocycles. The first-order valence-corrected chi connectivity index (χ1v) is 13.1. The average molecular weight is 498 g/mol. The molecule has 0 unspecified atom stereocenters. The highest BCUT2D eigenvalue weighted by molar-refractivity contribution is 5.92. The number of carbonyl (C=O) groups is 1. The molecule has 37 heavy (non-hydrogen) atoms. The van der Waals surface area contributed by atoms with E-state index in [9.17, 15) is 4.79 Å². The van der Waals surface area contributed by atoms with E-state index >= 15 is 0 Å². The Kier molecular flexibility index (Phi) is 6.44. The summed E-state index contributed by atoms with van der Waals surface area (Å²) in [5.74, 6) is 1.70. The van der Waals surface area contributed by atoms with Gasteiger partial charge in [0.25, 0.3) is 0 Å². The van der Waals surface area contributed by atoms with E-state index in [0.717, 1.165) is 73.7 Å². The lowest BCUT2D eigenvalue weighted by molar-refractivity contribution is -0.348. The molecule has 3 heterocycles. The summed E-state index contributed by atoms with van der Waals surface area (Å²) in [7, 11) is 0. The first-order chi connectivity index (χ1) is 18.1. The fourth-order valence-electron chi connectivity index (χ4n) is 5.42. The molecular weight excluding hydrogens is 464 g/mol. The van der Waals surface area contributed by atoms with Crippen molar-refractivity contribution in [3.8, 4) is 0 Å². The van der Waals surface area contributed by atoms with E-state index in [0.29, 0.717) is 24.2 Å². The molecule has 1 amide bonds. The van der Waals surface area contributed by atoms with Crippen LogP contribution in [0, 0.1) is 0 Å². The molecular formula is C28H33N8O+. The fourth-order valence-corrected chi connectivity index (χ4v) is 5.42. The third-order valence-corrected chi connectivity index (χ3v) is 7.44. The van der Waals surface area contributed by atoms with Gasteiger partial charge in [-0.3, -0.25) is 15.0 Å². The number of benzene rings is 2. The smallest absolute Gasteiger partial charge is 0.337 e. The molecule has 6 rings (SSSR count). The Hall–Kier alpha value is -3.98. The molecule has 190 valence electrons. The highest BCUT2D eigenvalue weighted by Gasteiger charge is 2.30. The molecule has 0 saturated heterocycles. The van der Waals surface area contributed by atoms with Gasteiger partial charge in [-0.15, -0.1) is 0 Å². The first kappa shape index (κ1) is 23.4. The number of H-pyrrole nitrogens is 2. The maximum Gasteiger partial charge on any atom is 0.347 e. The molecule has 1 aliphatic carbocycles. The lowest BCUT2D eigenvalue weighted by atomic mass is 9.92. The predicted molar refractivity (Wildman–Crippen MR) is 145 cm³/mol. The lowest BCUT2D eigenvalue weighted by Gasteiger charge is -2.25. The van der Waals surface area contributed by atoms with Crippen molar-refractivity contribution >= 4 is 40.2 Å². The average Bonchev–Trinajstić information content (AvgIpc) is 3.56. The zero-order chi connectivity index (χ0) is 25.2. The number of hydrogen-bond acceptors (Lipinski definition) is 6. The minimum Gasteiger partial charge on any atom is -0.337 e. The van der Waals surface area contributed by atoms with Crippen LogP contribution >= 0.6 is 0 Å². The first-order valence-electron chi connectivity index (χ1n) is 13.1. The standard InChI is InChI=1S/C28H32N8O/c29-20-7-9-21(10-8-20)33-28-34-26-25(30-17-31-26)27(35-28)36-15-14-19-16-22(11-12-23(19)36)32-24(37)13-6-18-4-2-1-3-5-18/h1-5,11-12,16-17,20-21H,6-10,13-15,29H2,(H,32,37)(H2,30,31,33,34,35)/p+1. The molecule has 0 bridgehead atoms.